The largest absolute Gasteiger partial charge is 0.457 e. The first-order valence-corrected chi connectivity index (χ1v) is 60.0. The maximum atomic E-state index is 7.19. The minimum atomic E-state index is -0.00967. The van der Waals surface area contributed by atoms with Crippen LogP contribution in [0.4, 0.5) is 0 Å². The topological polar surface area (TPSA) is 73.8 Å². The van der Waals surface area contributed by atoms with Crippen molar-refractivity contribution in [3.05, 3.63) is 91.0 Å². The van der Waals surface area contributed by atoms with E-state index in [-0.39, 0.29) is 50.8 Å². The molecular formula is C116H192O8S4. The van der Waals surface area contributed by atoms with Crippen molar-refractivity contribution in [1.29, 1.82) is 0 Å². The molecule has 0 radical (unpaired) electrons. The molecule has 9 rings (SSSR count). The molecule has 5 aliphatic rings. The highest BCUT2D eigenvalue weighted by molar-refractivity contribution is 7.99. The average molecular weight is 1840 g/mol. The van der Waals surface area contributed by atoms with Crippen LogP contribution in [0.1, 0.15) is 555 Å². The summed E-state index contributed by atoms with van der Waals surface area (Å²) in [6, 6.07) is 10.5. The third-order valence-electron chi connectivity index (χ3n) is 29.4. The average Bonchev–Trinajstić information content (AvgIpc) is 0.722. The second kappa shape index (κ2) is 68.6. The zero-order valence-electron chi connectivity index (χ0n) is 84.1. The summed E-state index contributed by atoms with van der Waals surface area (Å²) in [5, 5.41) is 0. The van der Waals surface area contributed by atoms with Crippen LogP contribution in [0.5, 0.6) is 46.0 Å². The van der Waals surface area contributed by atoms with Gasteiger partial charge in [0, 0.05) is 90.4 Å². The van der Waals surface area contributed by atoms with Crippen molar-refractivity contribution < 1.29 is 37.9 Å². The minimum Gasteiger partial charge on any atom is -0.457 e. The lowest BCUT2D eigenvalue weighted by molar-refractivity contribution is 0.0955. The van der Waals surface area contributed by atoms with E-state index in [1.165, 1.54) is 476 Å². The Hall–Kier alpha value is -3.32. The van der Waals surface area contributed by atoms with E-state index in [4.69, 9.17) is 37.9 Å². The van der Waals surface area contributed by atoms with Crippen LogP contribution in [0.3, 0.4) is 0 Å². The lowest BCUT2D eigenvalue weighted by Crippen LogP contribution is -2.24. The smallest absolute Gasteiger partial charge is 0.230 e. The number of thioether (sulfide) groups is 4. The number of ether oxygens (including phenoxy) is 8. The summed E-state index contributed by atoms with van der Waals surface area (Å²) in [7, 11) is 0. The predicted octanol–water partition coefficient (Wildman–Crippen LogP) is 38.2. The van der Waals surface area contributed by atoms with Crippen LogP contribution in [0.2, 0.25) is 0 Å². The Morgan fingerprint density at radius 1 is 0.172 bits per heavy atom. The maximum Gasteiger partial charge on any atom is 0.230 e. The fourth-order valence-corrected chi connectivity index (χ4v) is 25.7. The molecule has 728 valence electrons. The van der Waals surface area contributed by atoms with Crippen molar-refractivity contribution in [2.75, 3.05) is 73.2 Å². The van der Waals surface area contributed by atoms with Gasteiger partial charge in [0.2, 0.25) is 27.2 Å². The molecule has 12 heteroatoms. The zero-order chi connectivity index (χ0) is 89.7. The van der Waals surface area contributed by atoms with Crippen molar-refractivity contribution >= 4 is 47.0 Å². The Morgan fingerprint density at radius 2 is 0.289 bits per heavy atom. The minimum absolute atomic E-state index is 0.00967. The van der Waals surface area contributed by atoms with E-state index in [0.717, 1.165) is 120 Å². The predicted molar refractivity (Wildman–Crippen MR) is 563 cm³/mol. The van der Waals surface area contributed by atoms with Gasteiger partial charge in [0.25, 0.3) is 0 Å². The van der Waals surface area contributed by atoms with Gasteiger partial charge in [0.1, 0.15) is 46.0 Å². The molecule has 0 aromatic heterocycles. The van der Waals surface area contributed by atoms with Crippen LogP contribution in [-0.2, 0) is 0 Å². The molecule has 0 fully saturated rings. The molecule has 0 saturated heterocycles. The van der Waals surface area contributed by atoms with Crippen LogP contribution < -0.4 is 37.9 Å². The second-order valence-electron chi connectivity index (χ2n) is 40.0. The van der Waals surface area contributed by atoms with Gasteiger partial charge in [-0.25, -0.2) is 0 Å². The number of unbranched alkanes of at least 4 members (excludes halogenated alkanes) is 56. The Balaban J connectivity index is 0.991. The summed E-state index contributed by atoms with van der Waals surface area (Å²) in [5.41, 5.74) is 14.4. The molecule has 4 aromatic carbocycles. The Kier molecular flexibility index (Phi) is 58.1. The molecule has 8 bridgehead atoms. The first kappa shape index (κ1) is 108. The normalized spacial score (nSPS) is 15.9. The SMILES string of the molecule is CCCCCCCCCCSCCCCCCCCCCC1c2cc3c4c(C)c2OCOc2c1cc1c(c2C)OCOc2c(cc5c(c2C)OCOc2c(cc(c(c2C)OCO4)C3CCCCCCCCCCSCCCCCCCCCC)C5CCCCCCCCCCSCCCCCCCCCC)C1CCCCCCCCCCSCCCCCCCCCC. The maximum absolute atomic E-state index is 7.19. The van der Waals surface area contributed by atoms with E-state index in [1.54, 1.807) is 0 Å². The van der Waals surface area contributed by atoms with E-state index in [0.29, 0.717) is 0 Å². The summed E-state index contributed by atoms with van der Waals surface area (Å²) in [4.78, 5) is 0. The van der Waals surface area contributed by atoms with Crippen LogP contribution in [0.25, 0.3) is 0 Å². The first-order chi connectivity index (χ1) is 63.3. The van der Waals surface area contributed by atoms with Gasteiger partial charge >= 0.3 is 0 Å². The third kappa shape index (κ3) is 38.7. The molecule has 0 saturated carbocycles. The number of benzene rings is 4. The van der Waals surface area contributed by atoms with Crippen molar-refractivity contribution in [2.24, 2.45) is 0 Å². The molecule has 0 unspecified atom stereocenters. The molecule has 0 amide bonds. The zero-order valence-corrected chi connectivity index (χ0v) is 87.4. The summed E-state index contributed by atoms with van der Waals surface area (Å²) in [6.07, 6.45) is 90.1. The lowest BCUT2D eigenvalue weighted by Gasteiger charge is -2.37. The third-order valence-corrected chi connectivity index (χ3v) is 34.0. The molecular weight excluding hydrogens is 1650 g/mol. The fourth-order valence-electron chi connectivity index (χ4n) is 21.7. The van der Waals surface area contributed by atoms with E-state index in [2.05, 4.69) is 127 Å². The highest BCUT2D eigenvalue weighted by Gasteiger charge is 2.41. The quantitative estimate of drug-likeness (QED) is 0.0395. The molecule has 4 aliphatic heterocycles. The van der Waals surface area contributed by atoms with Gasteiger partial charge in [-0.3, -0.25) is 0 Å². The molecule has 0 spiro atoms. The van der Waals surface area contributed by atoms with E-state index in [9.17, 15) is 0 Å². The molecule has 8 nitrogen and oxygen atoms in total. The molecule has 4 aromatic rings. The summed E-state index contributed by atoms with van der Waals surface area (Å²) < 4.78 is 57.5. The molecule has 128 heavy (non-hydrogen) atoms. The molecule has 4 heterocycles. The Morgan fingerprint density at radius 3 is 0.422 bits per heavy atom. The summed E-state index contributed by atoms with van der Waals surface area (Å²) in [5.74, 6) is 17.9. The summed E-state index contributed by atoms with van der Waals surface area (Å²) in [6.45, 7) is 18.7. The van der Waals surface area contributed by atoms with Gasteiger partial charge in [0.15, 0.2) is 0 Å². The van der Waals surface area contributed by atoms with Gasteiger partial charge in [-0.05, 0) is 175 Å². The number of rotatable bonds is 80. The molecule has 1 aliphatic carbocycles. The van der Waals surface area contributed by atoms with Crippen LogP contribution in [0.15, 0.2) is 24.3 Å². The van der Waals surface area contributed by atoms with Crippen LogP contribution >= 0.6 is 47.0 Å². The van der Waals surface area contributed by atoms with Crippen molar-refractivity contribution in [3.8, 4) is 46.0 Å². The highest BCUT2D eigenvalue weighted by atomic mass is 32.2. The standard InChI is InChI=1S/C116H192O8S4/c1-9-13-17-21-25-41-53-65-77-125-81-69-57-45-33-29-37-49-61-73-97-101-85-103-98(74-62-50-38-30-34-46-58-70-82-126-78-66-54-42-26-22-18-14-10-2)105-87-107-100(76-64-52-40-32-36-48-60-72-84-128-80-68-56-44-28-24-20-16-12-4)108-88-106-99(75-63-51-39-31-35-47-59-71-83-127-79-67-55-43-27-23-19-15-11-3)104-86-102(97)110-94(6)112(104)120-91-122-114(106)96(8)116(108)124-92-123-115(107)95(7)113(105)121-90-119-111(103)93(5)109(101)117-89-118-110/h85-88,97-100H,9-84,89-92H2,1-8H3. The van der Waals surface area contributed by atoms with E-state index >= 15 is 0 Å². The number of hydrogen-bond acceptors (Lipinski definition) is 12. The van der Waals surface area contributed by atoms with Crippen molar-refractivity contribution in [2.45, 2.75) is 516 Å². The van der Waals surface area contributed by atoms with Crippen LogP contribution in [0, 0.1) is 27.7 Å². The first-order valence-electron chi connectivity index (χ1n) is 55.3. The number of hydrogen-bond donors (Lipinski definition) is 0. The van der Waals surface area contributed by atoms with Crippen molar-refractivity contribution in [3.63, 3.8) is 0 Å². The lowest BCUT2D eigenvalue weighted by atomic mass is 9.74. The van der Waals surface area contributed by atoms with E-state index in [1.807, 2.05) is 0 Å². The summed E-state index contributed by atoms with van der Waals surface area (Å²) >= 11 is 8.83. The Bertz CT molecular complexity index is 2960. The van der Waals surface area contributed by atoms with E-state index < -0.39 is 0 Å². The molecule has 0 atom stereocenters. The van der Waals surface area contributed by atoms with Gasteiger partial charge in [-0.1, -0.05) is 387 Å². The van der Waals surface area contributed by atoms with Gasteiger partial charge in [-0.15, -0.1) is 0 Å². The fraction of sp³-hybridized carbons (Fsp3) is 0.793. The Labute approximate surface area is 805 Å². The molecule has 0 N–H and O–H groups in total. The van der Waals surface area contributed by atoms with Gasteiger partial charge in [0.05, 0.1) is 0 Å². The van der Waals surface area contributed by atoms with Gasteiger partial charge < -0.3 is 37.9 Å². The monoisotopic (exact) mass is 1840 g/mol. The van der Waals surface area contributed by atoms with Crippen LogP contribution in [-0.4, -0.2) is 73.2 Å². The van der Waals surface area contributed by atoms with Gasteiger partial charge in [-0.2, -0.15) is 47.0 Å². The second-order valence-corrected chi connectivity index (χ2v) is 44.9. The van der Waals surface area contributed by atoms with Crippen molar-refractivity contribution in [1.82, 2.24) is 0 Å². The highest BCUT2D eigenvalue weighted by Crippen LogP contribution is 2.59.